The summed E-state index contributed by atoms with van der Waals surface area (Å²) in [6.07, 6.45) is 2.94. The SMILES string of the molecule is CCNC(=NCc1ccccn1)NCC(C)N1CCc2ccccc21. The Bertz CT molecular complexity index is 698. The summed E-state index contributed by atoms with van der Waals surface area (Å²) >= 11 is 0. The molecule has 2 aromatic rings. The van der Waals surface area contributed by atoms with Crippen molar-refractivity contribution >= 4 is 11.6 Å². The number of para-hydroxylation sites is 1. The van der Waals surface area contributed by atoms with Crippen LogP contribution in [0.25, 0.3) is 0 Å². The van der Waals surface area contributed by atoms with Crippen molar-refractivity contribution < 1.29 is 0 Å². The zero-order chi connectivity index (χ0) is 17.5. The molecule has 1 aliphatic rings. The van der Waals surface area contributed by atoms with Gasteiger partial charge in [-0.1, -0.05) is 24.3 Å². The molecule has 5 heteroatoms. The van der Waals surface area contributed by atoms with Crippen molar-refractivity contribution in [2.75, 3.05) is 24.5 Å². The number of rotatable bonds is 6. The molecular formula is C20H27N5. The van der Waals surface area contributed by atoms with Crippen LogP contribution in [0.3, 0.4) is 0 Å². The molecule has 0 radical (unpaired) electrons. The van der Waals surface area contributed by atoms with E-state index in [-0.39, 0.29) is 0 Å². The Morgan fingerprint density at radius 2 is 2.04 bits per heavy atom. The summed E-state index contributed by atoms with van der Waals surface area (Å²) in [6, 6.07) is 15.0. The summed E-state index contributed by atoms with van der Waals surface area (Å²) in [7, 11) is 0. The molecule has 0 saturated carbocycles. The number of aliphatic imine (C=N–C) groups is 1. The molecule has 0 amide bonds. The third-order valence-corrected chi connectivity index (χ3v) is 4.49. The summed E-state index contributed by atoms with van der Waals surface area (Å²) in [5.74, 6) is 0.840. The largest absolute Gasteiger partial charge is 0.366 e. The van der Waals surface area contributed by atoms with Gasteiger partial charge in [-0.15, -0.1) is 0 Å². The molecule has 0 saturated heterocycles. The number of hydrogen-bond acceptors (Lipinski definition) is 3. The van der Waals surface area contributed by atoms with Gasteiger partial charge in [0.15, 0.2) is 5.96 Å². The fraction of sp³-hybridized carbons (Fsp3) is 0.400. The Morgan fingerprint density at radius 1 is 1.20 bits per heavy atom. The molecule has 2 heterocycles. The first kappa shape index (κ1) is 17.3. The summed E-state index contributed by atoms with van der Waals surface area (Å²) in [6.45, 7) is 7.70. The minimum Gasteiger partial charge on any atom is -0.366 e. The Hall–Kier alpha value is -2.56. The Morgan fingerprint density at radius 3 is 2.84 bits per heavy atom. The van der Waals surface area contributed by atoms with Crippen LogP contribution in [-0.2, 0) is 13.0 Å². The zero-order valence-corrected chi connectivity index (χ0v) is 15.1. The second-order valence-corrected chi connectivity index (χ2v) is 6.32. The lowest BCUT2D eigenvalue weighted by Gasteiger charge is -2.28. The second kappa shape index (κ2) is 8.51. The van der Waals surface area contributed by atoms with E-state index in [0.717, 1.165) is 37.7 Å². The van der Waals surface area contributed by atoms with Gasteiger partial charge in [0.1, 0.15) is 0 Å². The number of nitrogens with one attached hydrogen (secondary N) is 2. The van der Waals surface area contributed by atoms with Crippen molar-refractivity contribution in [1.82, 2.24) is 15.6 Å². The molecule has 5 nitrogen and oxygen atoms in total. The minimum atomic E-state index is 0.405. The first-order valence-corrected chi connectivity index (χ1v) is 9.04. The van der Waals surface area contributed by atoms with Crippen molar-refractivity contribution in [3.8, 4) is 0 Å². The van der Waals surface area contributed by atoms with Crippen LogP contribution in [0.5, 0.6) is 0 Å². The molecule has 1 aromatic carbocycles. The van der Waals surface area contributed by atoms with Gasteiger partial charge in [-0.05, 0) is 44.0 Å². The molecule has 3 rings (SSSR count). The normalized spacial score (nSPS) is 15.0. The second-order valence-electron chi connectivity index (χ2n) is 6.32. The molecule has 1 atom stereocenters. The lowest BCUT2D eigenvalue weighted by Crippen LogP contribution is -2.45. The van der Waals surface area contributed by atoms with Gasteiger partial charge >= 0.3 is 0 Å². The number of fused-ring (bicyclic) bond motifs is 1. The van der Waals surface area contributed by atoms with Gasteiger partial charge in [0.2, 0.25) is 0 Å². The monoisotopic (exact) mass is 337 g/mol. The molecule has 0 bridgehead atoms. The molecule has 25 heavy (non-hydrogen) atoms. The topological polar surface area (TPSA) is 52.6 Å². The van der Waals surface area contributed by atoms with Crippen LogP contribution in [-0.4, -0.2) is 36.6 Å². The van der Waals surface area contributed by atoms with Crippen molar-refractivity contribution in [3.05, 3.63) is 59.9 Å². The van der Waals surface area contributed by atoms with Gasteiger partial charge in [0, 0.05) is 37.6 Å². The minimum absolute atomic E-state index is 0.405. The van der Waals surface area contributed by atoms with E-state index in [0.29, 0.717) is 12.6 Å². The number of aromatic nitrogens is 1. The summed E-state index contributed by atoms with van der Waals surface area (Å²) < 4.78 is 0. The molecule has 132 valence electrons. The first-order chi connectivity index (χ1) is 12.3. The standard InChI is InChI=1S/C20H27N5/c1-3-21-20(24-15-18-9-6-7-12-22-18)23-14-16(2)25-13-11-17-8-4-5-10-19(17)25/h4-10,12,16H,3,11,13-15H2,1-2H3,(H2,21,23,24). The predicted molar refractivity (Wildman–Crippen MR) is 104 cm³/mol. The average molecular weight is 337 g/mol. The van der Waals surface area contributed by atoms with Gasteiger partial charge in [-0.25, -0.2) is 4.99 Å². The average Bonchev–Trinajstić information content (AvgIpc) is 3.09. The highest BCUT2D eigenvalue weighted by Gasteiger charge is 2.22. The third kappa shape index (κ3) is 4.50. The van der Waals surface area contributed by atoms with Gasteiger partial charge < -0.3 is 15.5 Å². The molecule has 0 spiro atoms. The van der Waals surface area contributed by atoms with Crippen molar-refractivity contribution in [1.29, 1.82) is 0 Å². The number of guanidine groups is 1. The maximum absolute atomic E-state index is 4.64. The molecule has 1 unspecified atom stereocenters. The van der Waals surface area contributed by atoms with E-state index >= 15 is 0 Å². The molecule has 0 aliphatic carbocycles. The lowest BCUT2D eigenvalue weighted by atomic mass is 10.2. The summed E-state index contributed by atoms with van der Waals surface area (Å²) in [5.41, 5.74) is 3.79. The molecular weight excluding hydrogens is 310 g/mol. The van der Waals surface area contributed by atoms with E-state index in [1.54, 1.807) is 6.20 Å². The number of pyridine rings is 1. The van der Waals surface area contributed by atoms with Crippen LogP contribution in [0.4, 0.5) is 5.69 Å². The maximum Gasteiger partial charge on any atom is 0.191 e. The van der Waals surface area contributed by atoms with E-state index in [4.69, 9.17) is 0 Å². The number of hydrogen-bond donors (Lipinski definition) is 2. The highest BCUT2D eigenvalue weighted by Crippen LogP contribution is 2.28. The van der Waals surface area contributed by atoms with E-state index in [1.165, 1.54) is 11.3 Å². The van der Waals surface area contributed by atoms with Gasteiger partial charge in [-0.2, -0.15) is 0 Å². The van der Waals surface area contributed by atoms with Crippen molar-refractivity contribution in [2.24, 2.45) is 4.99 Å². The van der Waals surface area contributed by atoms with E-state index in [2.05, 4.69) is 63.6 Å². The number of anilines is 1. The van der Waals surface area contributed by atoms with Crippen molar-refractivity contribution in [3.63, 3.8) is 0 Å². The lowest BCUT2D eigenvalue weighted by molar-refractivity contribution is 0.625. The first-order valence-electron chi connectivity index (χ1n) is 9.04. The molecule has 0 fully saturated rings. The molecule has 2 N–H and O–H groups in total. The van der Waals surface area contributed by atoms with Crippen LogP contribution in [0, 0.1) is 0 Å². The predicted octanol–water partition coefficient (Wildman–Crippen LogP) is 2.59. The Kier molecular flexibility index (Phi) is 5.88. The maximum atomic E-state index is 4.64. The van der Waals surface area contributed by atoms with Gasteiger partial charge in [-0.3, -0.25) is 4.98 Å². The third-order valence-electron chi connectivity index (χ3n) is 4.49. The van der Waals surface area contributed by atoms with E-state index in [1.807, 2.05) is 18.2 Å². The molecule has 1 aromatic heterocycles. The van der Waals surface area contributed by atoms with E-state index in [9.17, 15) is 0 Å². The van der Waals surface area contributed by atoms with Gasteiger partial charge in [0.05, 0.1) is 12.2 Å². The van der Waals surface area contributed by atoms with Crippen LogP contribution in [0.15, 0.2) is 53.7 Å². The molecule has 1 aliphatic heterocycles. The van der Waals surface area contributed by atoms with Crippen LogP contribution >= 0.6 is 0 Å². The Labute approximate surface area is 150 Å². The number of benzene rings is 1. The van der Waals surface area contributed by atoms with Crippen molar-refractivity contribution in [2.45, 2.75) is 32.9 Å². The Balaban J connectivity index is 1.58. The number of nitrogens with zero attached hydrogens (tertiary/aromatic N) is 3. The van der Waals surface area contributed by atoms with Crippen LogP contribution in [0.2, 0.25) is 0 Å². The fourth-order valence-corrected chi connectivity index (χ4v) is 3.17. The van der Waals surface area contributed by atoms with Crippen LogP contribution < -0.4 is 15.5 Å². The fourth-order valence-electron chi connectivity index (χ4n) is 3.17. The zero-order valence-electron chi connectivity index (χ0n) is 15.1. The van der Waals surface area contributed by atoms with E-state index < -0.39 is 0 Å². The summed E-state index contributed by atoms with van der Waals surface area (Å²) in [4.78, 5) is 11.4. The highest BCUT2D eigenvalue weighted by molar-refractivity contribution is 5.79. The van der Waals surface area contributed by atoms with Gasteiger partial charge in [0.25, 0.3) is 0 Å². The smallest absolute Gasteiger partial charge is 0.191 e. The summed E-state index contributed by atoms with van der Waals surface area (Å²) in [5, 5.41) is 6.78. The van der Waals surface area contributed by atoms with Crippen LogP contribution in [0.1, 0.15) is 25.1 Å². The highest BCUT2D eigenvalue weighted by atomic mass is 15.2. The quantitative estimate of drug-likeness (QED) is 0.628.